The monoisotopic (exact) mass is 206 g/mol. The van der Waals surface area contributed by atoms with E-state index in [9.17, 15) is 0 Å². The van der Waals surface area contributed by atoms with Crippen LogP contribution in [0.1, 0.15) is 32.6 Å². The van der Waals surface area contributed by atoms with E-state index < -0.39 is 0 Å². The first-order chi connectivity index (χ1) is 7.24. The van der Waals surface area contributed by atoms with Gasteiger partial charge in [0.15, 0.2) is 0 Å². The minimum atomic E-state index is 0.832. The Hall–Kier alpha value is -1.18. The predicted octanol–water partition coefficient (Wildman–Crippen LogP) is 3.29. The lowest BCUT2D eigenvalue weighted by Crippen LogP contribution is -2.18. The van der Waals surface area contributed by atoms with Crippen LogP contribution >= 0.6 is 0 Å². The van der Waals surface area contributed by atoms with Gasteiger partial charge in [0.2, 0.25) is 0 Å². The van der Waals surface area contributed by atoms with E-state index >= 15 is 0 Å². The fraction of sp³-hybridized carbons (Fsp3) is 0.538. The molecular formula is C13H22N2. The van der Waals surface area contributed by atoms with Gasteiger partial charge in [-0.05, 0) is 30.7 Å². The Morgan fingerprint density at radius 2 is 1.73 bits per heavy atom. The third kappa shape index (κ3) is 4.24. The van der Waals surface area contributed by atoms with Gasteiger partial charge in [-0.3, -0.25) is 0 Å². The molecule has 0 fully saturated rings. The molecule has 15 heavy (non-hydrogen) atoms. The molecule has 0 saturated heterocycles. The molecule has 2 N–H and O–H groups in total. The maximum Gasteiger partial charge on any atom is 0.0365 e. The Balaban J connectivity index is 2.33. The van der Waals surface area contributed by atoms with Crippen molar-refractivity contribution in [2.24, 2.45) is 0 Å². The second-order valence-electron chi connectivity index (χ2n) is 4.07. The quantitative estimate of drug-likeness (QED) is 0.571. The summed E-state index contributed by atoms with van der Waals surface area (Å²) in [6.45, 7) is 3.37. The molecule has 0 atom stereocenters. The third-order valence-corrected chi connectivity index (χ3v) is 2.68. The molecule has 0 unspecified atom stereocenters. The van der Waals surface area contributed by atoms with Gasteiger partial charge in [-0.1, -0.05) is 26.2 Å². The van der Waals surface area contributed by atoms with Crippen molar-refractivity contribution in [2.75, 3.05) is 24.2 Å². The lowest BCUT2D eigenvalue weighted by atomic mass is 10.2. The highest BCUT2D eigenvalue weighted by Crippen LogP contribution is 2.15. The van der Waals surface area contributed by atoms with E-state index in [1.807, 2.05) is 12.1 Å². The van der Waals surface area contributed by atoms with E-state index in [0.717, 1.165) is 12.2 Å². The van der Waals surface area contributed by atoms with Crippen LogP contribution in [0.5, 0.6) is 0 Å². The highest BCUT2D eigenvalue weighted by atomic mass is 15.1. The fourth-order valence-corrected chi connectivity index (χ4v) is 1.63. The first-order valence-corrected chi connectivity index (χ1v) is 5.80. The molecule has 0 heterocycles. The number of hydrogen-bond acceptors (Lipinski definition) is 2. The first-order valence-electron chi connectivity index (χ1n) is 5.80. The second kappa shape index (κ2) is 6.33. The summed E-state index contributed by atoms with van der Waals surface area (Å²) in [5, 5.41) is 0. The van der Waals surface area contributed by atoms with E-state index in [-0.39, 0.29) is 0 Å². The number of nitrogens with zero attached hydrogens (tertiary/aromatic N) is 1. The molecule has 0 aliphatic carbocycles. The molecule has 0 aromatic heterocycles. The summed E-state index contributed by atoms with van der Waals surface area (Å²) in [7, 11) is 2.14. The van der Waals surface area contributed by atoms with Crippen LogP contribution in [0.2, 0.25) is 0 Å². The maximum absolute atomic E-state index is 5.65. The topological polar surface area (TPSA) is 29.3 Å². The van der Waals surface area contributed by atoms with Gasteiger partial charge in [-0.15, -0.1) is 0 Å². The summed E-state index contributed by atoms with van der Waals surface area (Å²) >= 11 is 0. The number of hydrogen-bond donors (Lipinski definition) is 1. The molecule has 0 aliphatic rings. The van der Waals surface area contributed by atoms with Crippen LogP contribution in [0.3, 0.4) is 0 Å². The van der Waals surface area contributed by atoms with E-state index in [4.69, 9.17) is 5.73 Å². The largest absolute Gasteiger partial charge is 0.399 e. The summed E-state index contributed by atoms with van der Waals surface area (Å²) < 4.78 is 0. The summed E-state index contributed by atoms with van der Waals surface area (Å²) in [6, 6.07) is 8.07. The van der Waals surface area contributed by atoms with Gasteiger partial charge >= 0.3 is 0 Å². The Morgan fingerprint density at radius 1 is 1.07 bits per heavy atom. The molecule has 0 radical (unpaired) electrons. The summed E-state index contributed by atoms with van der Waals surface area (Å²) in [6.07, 6.45) is 5.24. The van der Waals surface area contributed by atoms with Crippen molar-refractivity contribution in [1.29, 1.82) is 0 Å². The smallest absolute Gasteiger partial charge is 0.0365 e. The number of rotatable bonds is 6. The highest BCUT2D eigenvalue weighted by molar-refractivity contribution is 5.52. The Bertz CT molecular complexity index is 266. The summed E-state index contributed by atoms with van der Waals surface area (Å²) in [5.41, 5.74) is 7.73. The number of nitrogens with two attached hydrogens (primary N) is 1. The average molecular weight is 206 g/mol. The van der Waals surface area contributed by atoms with Crippen LogP contribution in [0.15, 0.2) is 24.3 Å². The molecule has 0 bridgehead atoms. The van der Waals surface area contributed by atoms with Crippen molar-refractivity contribution in [3.8, 4) is 0 Å². The predicted molar refractivity (Wildman–Crippen MR) is 68.3 cm³/mol. The fourth-order valence-electron chi connectivity index (χ4n) is 1.63. The SMILES string of the molecule is CCCCCCN(C)c1ccc(N)cc1. The van der Waals surface area contributed by atoms with Crippen molar-refractivity contribution < 1.29 is 0 Å². The number of nitrogen functional groups attached to an aromatic ring is 1. The Morgan fingerprint density at radius 3 is 2.33 bits per heavy atom. The summed E-state index contributed by atoms with van der Waals surface area (Å²) in [4.78, 5) is 2.29. The molecule has 84 valence electrons. The van der Waals surface area contributed by atoms with Gasteiger partial charge in [-0.25, -0.2) is 0 Å². The number of benzene rings is 1. The summed E-state index contributed by atoms with van der Waals surface area (Å²) in [5.74, 6) is 0. The van der Waals surface area contributed by atoms with Crippen molar-refractivity contribution in [2.45, 2.75) is 32.6 Å². The highest BCUT2D eigenvalue weighted by Gasteiger charge is 1.99. The molecule has 1 aromatic carbocycles. The van der Waals surface area contributed by atoms with Gasteiger partial charge in [0.1, 0.15) is 0 Å². The molecular weight excluding hydrogens is 184 g/mol. The molecule has 0 amide bonds. The van der Waals surface area contributed by atoms with Gasteiger partial charge < -0.3 is 10.6 Å². The van der Waals surface area contributed by atoms with Crippen molar-refractivity contribution in [3.63, 3.8) is 0 Å². The van der Waals surface area contributed by atoms with Crippen LogP contribution < -0.4 is 10.6 Å². The average Bonchev–Trinajstić information content (AvgIpc) is 2.25. The van der Waals surface area contributed by atoms with E-state index in [0.29, 0.717) is 0 Å². The van der Waals surface area contributed by atoms with Crippen molar-refractivity contribution in [1.82, 2.24) is 0 Å². The van der Waals surface area contributed by atoms with E-state index in [1.54, 1.807) is 0 Å². The zero-order valence-electron chi connectivity index (χ0n) is 9.87. The molecule has 0 aliphatic heterocycles. The van der Waals surface area contributed by atoms with Gasteiger partial charge in [0.05, 0.1) is 0 Å². The molecule has 1 rings (SSSR count). The maximum atomic E-state index is 5.65. The Kier molecular flexibility index (Phi) is 5.02. The lowest BCUT2D eigenvalue weighted by Gasteiger charge is -2.19. The molecule has 2 nitrogen and oxygen atoms in total. The zero-order valence-corrected chi connectivity index (χ0v) is 9.87. The van der Waals surface area contributed by atoms with Crippen molar-refractivity contribution in [3.05, 3.63) is 24.3 Å². The van der Waals surface area contributed by atoms with Crippen LogP contribution in [0.4, 0.5) is 11.4 Å². The molecule has 2 heteroatoms. The van der Waals surface area contributed by atoms with Crippen LogP contribution in [-0.4, -0.2) is 13.6 Å². The third-order valence-electron chi connectivity index (χ3n) is 2.68. The Labute approximate surface area is 93.1 Å². The van der Waals surface area contributed by atoms with Crippen LogP contribution in [-0.2, 0) is 0 Å². The van der Waals surface area contributed by atoms with Crippen molar-refractivity contribution >= 4 is 11.4 Å². The number of unbranched alkanes of at least 4 members (excludes halogenated alkanes) is 3. The van der Waals surface area contributed by atoms with Crippen LogP contribution in [0.25, 0.3) is 0 Å². The van der Waals surface area contributed by atoms with Gasteiger partial charge in [-0.2, -0.15) is 0 Å². The van der Waals surface area contributed by atoms with Crippen LogP contribution in [0, 0.1) is 0 Å². The zero-order chi connectivity index (χ0) is 11.1. The molecule has 0 spiro atoms. The number of anilines is 2. The minimum Gasteiger partial charge on any atom is -0.399 e. The second-order valence-corrected chi connectivity index (χ2v) is 4.07. The minimum absolute atomic E-state index is 0.832. The normalized spacial score (nSPS) is 10.3. The molecule has 1 aromatic rings. The first kappa shape index (κ1) is 11.9. The van der Waals surface area contributed by atoms with Gasteiger partial charge in [0.25, 0.3) is 0 Å². The lowest BCUT2D eigenvalue weighted by molar-refractivity contribution is 0.661. The van der Waals surface area contributed by atoms with Gasteiger partial charge in [0, 0.05) is 25.0 Å². The standard InChI is InChI=1S/C13H22N2/c1-3-4-5-6-11-15(2)13-9-7-12(14)8-10-13/h7-10H,3-6,11,14H2,1-2H3. The van der Waals surface area contributed by atoms with E-state index in [1.165, 1.54) is 31.4 Å². The van der Waals surface area contributed by atoms with E-state index in [2.05, 4.69) is 31.0 Å². The molecule has 0 saturated carbocycles.